The summed E-state index contributed by atoms with van der Waals surface area (Å²) in [7, 11) is -3.69. The summed E-state index contributed by atoms with van der Waals surface area (Å²) in [6.07, 6.45) is 1.61. The van der Waals surface area contributed by atoms with E-state index in [2.05, 4.69) is 36.8 Å². The van der Waals surface area contributed by atoms with Crippen LogP contribution in [-0.2, 0) is 10.0 Å². The first kappa shape index (κ1) is 15.7. The number of pyridine rings is 1. The topological polar surface area (TPSA) is 52.0 Å². The van der Waals surface area contributed by atoms with Gasteiger partial charge in [0.2, 0.25) is 0 Å². The molecule has 3 aromatic rings. The van der Waals surface area contributed by atoms with Crippen molar-refractivity contribution in [2.75, 3.05) is 0 Å². The lowest BCUT2D eigenvalue weighted by molar-refractivity contribution is 0.587. The van der Waals surface area contributed by atoms with Gasteiger partial charge in [-0.15, -0.1) is 0 Å². The van der Waals surface area contributed by atoms with E-state index in [1.807, 2.05) is 13.0 Å². The van der Waals surface area contributed by atoms with Crippen LogP contribution in [0.15, 0.2) is 50.4 Å². The fraction of sp³-hybridized carbons (Fsp3) is 0.133. The van der Waals surface area contributed by atoms with Crippen molar-refractivity contribution >= 4 is 52.9 Å². The number of hydrogen-bond donors (Lipinski definition) is 0. The third kappa shape index (κ3) is 2.41. The minimum absolute atomic E-state index is 0.236. The van der Waals surface area contributed by atoms with Gasteiger partial charge in [0.15, 0.2) is 5.65 Å². The van der Waals surface area contributed by atoms with Crippen LogP contribution in [0.4, 0.5) is 0 Å². The monoisotopic (exact) mass is 442 g/mol. The molecule has 4 nitrogen and oxygen atoms in total. The van der Waals surface area contributed by atoms with E-state index in [-0.39, 0.29) is 4.90 Å². The van der Waals surface area contributed by atoms with Crippen LogP contribution in [0, 0.1) is 13.8 Å². The van der Waals surface area contributed by atoms with Crippen molar-refractivity contribution in [2.24, 2.45) is 0 Å². The molecule has 0 atom stereocenters. The quantitative estimate of drug-likeness (QED) is 0.589. The van der Waals surface area contributed by atoms with Crippen molar-refractivity contribution in [3.8, 4) is 0 Å². The molecule has 0 unspecified atom stereocenters. The van der Waals surface area contributed by atoms with E-state index < -0.39 is 10.0 Å². The molecule has 0 saturated carbocycles. The highest BCUT2D eigenvalue weighted by molar-refractivity contribution is 9.10. The highest BCUT2D eigenvalue weighted by Crippen LogP contribution is 2.30. The first-order valence-electron chi connectivity index (χ1n) is 6.46. The maximum Gasteiger partial charge on any atom is 0.269 e. The van der Waals surface area contributed by atoms with Crippen molar-refractivity contribution in [3.63, 3.8) is 0 Å². The summed E-state index contributed by atoms with van der Waals surface area (Å²) in [6, 6.07) is 8.48. The second kappa shape index (κ2) is 5.47. The van der Waals surface area contributed by atoms with E-state index in [0.29, 0.717) is 11.3 Å². The fourth-order valence-electron chi connectivity index (χ4n) is 2.38. The lowest BCUT2D eigenvalue weighted by atomic mass is 10.2. The van der Waals surface area contributed by atoms with E-state index in [1.54, 1.807) is 37.4 Å². The van der Waals surface area contributed by atoms with Crippen LogP contribution in [0.25, 0.3) is 11.0 Å². The second-order valence-corrected chi connectivity index (χ2v) is 8.58. The highest BCUT2D eigenvalue weighted by Gasteiger charge is 2.24. The molecule has 0 N–H and O–H groups in total. The number of hydrogen-bond acceptors (Lipinski definition) is 3. The molecular weight excluding hydrogens is 432 g/mol. The van der Waals surface area contributed by atoms with Gasteiger partial charge >= 0.3 is 0 Å². The lowest BCUT2D eigenvalue weighted by Gasteiger charge is -2.09. The van der Waals surface area contributed by atoms with Gasteiger partial charge in [0.1, 0.15) is 0 Å². The zero-order valence-corrected chi connectivity index (χ0v) is 15.8. The number of nitrogens with zero attached hydrogens (tertiary/aromatic N) is 2. The summed E-state index contributed by atoms with van der Waals surface area (Å²) in [4.78, 5) is 4.54. The van der Waals surface area contributed by atoms with Gasteiger partial charge in [0, 0.05) is 26.2 Å². The van der Waals surface area contributed by atoms with Crippen LogP contribution in [0.5, 0.6) is 0 Å². The predicted molar refractivity (Wildman–Crippen MR) is 93.6 cm³/mol. The molecule has 0 radical (unpaired) electrons. The molecule has 0 aliphatic heterocycles. The minimum atomic E-state index is -3.69. The van der Waals surface area contributed by atoms with Gasteiger partial charge in [-0.25, -0.2) is 17.4 Å². The summed E-state index contributed by atoms with van der Waals surface area (Å²) in [6.45, 7) is 3.70. The summed E-state index contributed by atoms with van der Waals surface area (Å²) in [5.74, 6) is 0. The van der Waals surface area contributed by atoms with Crippen LogP contribution < -0.4 is 0 Å². The molecular formula is C15H12Br2N2O2S. The van der Waals surface area contributed by atoms with E-state index in [9.17, 15) is 8.42 Å². The average molecular weight is 444 g/mol. The normalized spacial score (nSPS) is 12.0. The Morgan fingerprint density at radius 2 is 1.68 bits per heavy atom. The Morgan fingerprint density at radius 1 is 1.05 bits per heavy atom. The Kier molecular flexibility index (Phi) is 3.91. The number of rotatable bonds is 2. The van der Waals surface area contributed by atoms with Gasteiger partial charge in [-0.2, -0.15) is 0 Å². The number of halogens is 2. The molecule has 2 heterocycles. The Balaban J connectivity index is 2.34. The van der Waals surface area contributed by atoms with Crippen LogP contribution in [0.1, 0.15) is 11.3 Å². The predicted octanol–water partition coefficient (Wildman–Crippen LogP) is 4.42. The third-order valence-electron chi connectivity index (χ3n) is 3.63. The van der Waals surface area contributed by atoms with Gasteiger partial charge < -0.3 is 0 Å². The van der Waals surface area contributed by atoms with E-state index >= 15 is 0 Å². The summed E-state index contributed by atoms with van der Waals surface area (Å²) < 4.78 is 28.9. The van der Waals surface area contributed by atoms with Crippen LogP contribution >= 0.6 is 31.9 Å². The van der Waals surface area contributed by atoms with Crippen molar-refractivity contribution in [2.45, 2.75) is 18.7 Å². The number of benzene rings is 1. The standard InChI is InChI=1S/C15H12Br2N2O2S/c1-9-10(2)19(15-14(9)7-12(17)8-18-15)22(20,21)13-5-3-11(16)4-6-13/h3-8H,1-2H3. The fourth-order valence-corrected chi connectivity index (χ4v) is 4.54. The first-order valence-corrected chi connectivity index (χ1v) is 9.49. The zero-order valence-electron chi connectivity index (χ0n) is 11.8. The van der Waals surface area contributed by atoms with Crippen molar-refractivity contribution in [1.82, 2.24) is 8.96 Å². The molecule has 0 spiro atoms. The van der Waals surface area contributed by atoms with Crippen LogP contribution in [-0.4, -0.2) is 17.4 Å². The summed E-state index contributed by atoms with van der Waals surface area (Å²) >= 11 is 6.69. The van der Waals surface area contributed by atoms with Crippen molar-refractivity contribution < 1.29 is 8.42 Å². The maximum atomic E-state index is 13.0. The van der Waals surface area contributed by atoms with E-state index in [1.165, 1.54) is 3.97 Å². The Labute approximate surface area is 145 Å². The molecule has 0 fully saturated rings. The van der Waals surface area contributed by atoms with Crippen LogP contribution in [0.2, 0.25) is 0 Å². The van der Waals surface area contributed by atoms with Gasteiger partial charge in [0.05, 0.1) is 4.90 Å². The summed E-state index contributed by atoms with van der Waals surface area (Å²) in [5.41, 5.74) is 2.02. The zero-order chi connectivity index (χ0) is 16.1. The molecule has 3 rings (SSSR count). The Morgan fingerprint density at radius 3 is 2.32 bits per heavy atom. The molecule has 1 aromatic carbocycles. The lowest BCUT2D eigenvalue weighted by Crippen LogP contribution is -2.15. The Bertz CT molecular complexity index is 977. The molecule has 114 valence electrons. The van der Waals surface area contributed by atoms with Gasteiger partial charge in [-0.3, -0.25) is 0 Å². The van der Waals surface area contributed by atoms with Gasteiger partial charge in [-0.1, -0.05) is 15.9 Å². The largest absolute Gasteiger partial charge is 0.269 e. The molecule has 0 bridgehead atoms. The molecule has 0 saturated heterocycles. The molecule has 0 aliphatic carbocycles. The molecule has 0 amide bonds. The van der Waals surface area contributed by atoms with Crippen molar-refractivity contribution in [3.05, 3.63) is 56.7 Å². The maximum absolute atomic E-state index is 13.0. The number of aryl methyl sites for hydroxylation is 1. The Hall–Kier alpha value is -1.18. The first-order chi connectivity index (χ1) is 10.3. The average Bonchev–Trinajstić information content (AvgIpc) is 2.72. The molecule has 7 heteroatoms. The van der Waals surface area contributed by atoms with E-state index in [4.69, 9.17) is 0 Å². The third-order valence-corrected chi connectivity index (χ3v) is 6.39. The minimum Gasteiger partial charge on any atom is -0.236 e. The van der Waals surface area contributed by atoms with Gasteiger partial charge in [-0.05, 0) is 65.7 Å². The smallest absolute Gasteiger partial charge is 0.236 e. The molecule has 0 aliphatic rings. The van der Waals surface area contributed by atoms with Gasteiger partial charge in [0.25, 0.3) is 10.0 Å². The van der Waals surface area contributed by atoms with E-state index in [0.717, 1.165) is 19.9 Å². The molecule has 2 aromatic heterocycles. The summed E-state index contributed by atoms with van der Waals surface area (Å²) in [5, 5.41) is 0.826. The van der Waals surface area contributed by atoms with Crippen molar-refractivity contribution in [1.29, 1.82) is 0 Å². The molecule has 22 heavy (non-hydrogen) atoms. The second-order valence-electron chi connectivity index (χ2n) is 4.96. The SMILES string of the molecule is Cc1c(C)n(S(=O)(=O)c2ccc(Br)cc2)c2ncc(Br)cc12. The number of aromatic nitrogens is 2. The van der Waals surface area contributed by atoms with Crippen LogP contribution in [0.3, 0.4) is 0 Å². The highest BCUT2D eigenvalue weighted by atomic mass is 79.9. The number of fused-ring (bicyclic) bond motifs is 1.